The summed E-state index contributed by atoms with van der Waals surface area (Å²) < 4.78 is 10.8. The van der Waals surface area contributed by atoms with Crippen LogP contribution in [0.5, 0.6) is 11.5 Å². The number of rotatable bonds is 8. The minimum atomic E-state index is -0.171. The predicted octanol–water partition coefficient (Wildman–Crippen LogP) is 4.05. The molecule has 0 spiro atoms. The zero-order chi connectivity index (χ0) is 18.9. The van der Waals surface area contributed by atoms with Crippen molar-refractivity contribution in [2.75, 3.05) is 20.3 Å². The van der Waals surface area contributed by atoms with Crippen LogP contribution in [0.1, 0.15) is 10.4 Å². The van der Waals surface area contributed by atoms with Gasteiger partial charge in [-0.05, 0) is 36.4 Å². The van der Waals surface area contributed by atoms with Gasteiger partial charge in [0.15, 0.2) is 0 Å². The average molecular weight is 380 g/mol. The molecule has 3 aromatic rings. The van der Waals surface area contributed by atoms with Crippen LogP contribution in [0, 0.1) is 0 Å². The fourth-order valence-electron chi connectivity index (χ4n) is 2.36. The number of carbonyl (C=O) groups is 1. The standard InChI is InChI=1S/C21H20N2O3S/c1-25-16-7-5-8-17(15-16)26-14-13-22-20(24)19-11-6-12-23-21(19)27-18-9-3-2-4-10-18/h2-12,15H,13-14H2,1H3,(H,22,24). The topological polar surface area (TPSA) is 60.5 Å². The molecule has 27 heavy (non-hydrogen) atoms. The zero-order valence-corrected chi connectivity index (χ0v) is 15.7. The molecule has 2 aromatic carbocycles. The van der Waals surface area contributed by atoms with E-state index in [-0.39, 0.29) is 5.91 Å². The van der Waals surface area contributed by atoms with Crippen molar-refractivity contribution in [3.8, 4) is 11.5 Å². The Bertz CT molecular complexity index is 887. The van der Waals surface area contributed by atoms with E-state index in [0.717, 1.165) is 10.6 Å². The lowest BCUT2D eigenvalue weighted by molar-refractivity contribution is 0.0943. The van der Waals surface area contributed by atoms with Gasteiger partial charge in [-0.15, -0.1) is 0 Å². The van der Waals surface area contributed by atoms with Gasteiger partial charge in [-0.1, -0.05) is 36.0 Å². The van der Waals surface area contributed by atoms with Crippen LogP contribution in [0.3, 0.4) is 0 Å². The lowest BCUT2D eigenvalue weighted by Gasteiger charge is -2.10. The Morgan fingerprint density at radius 3 is 2.67 bits per heavy atom. The molecule has 6 heteroatoms. The maximum Gasteiger partial charge on any atom is 0.254 e. The zero-order valence-electron chi connectivity index (χ0n) is 14.9. The van der Waals surface area contributed by atoms with E-state index in [4.69, 9.17) is 9.47 Å². The summed E-state index contributed by atoms with van der Waals surface area (Å²) in [5.74, 6) is 1.26. The van der Waals surface area contributed by atoms with Crippen LogP contribution in [-0.4, -0.2) is 31.2 Å². The van der Waals surface area contributed by atoms with Gasteiger partial charge in [-0.2, -0.15) is 0 Å². The summed E-state index contributed by atoms with van der Waals surface area (Å²) >= 11 is 1.47. The third kappa shape index (κ3) is 5.49. The molecule has 0 aliphatic carbocycles. The summed E-state index contributed by atoms with van der Waals surface area (Å²) in [7, 11) is 1.61. The summed E-state index contributed by atoms with van der Waals surface area (Å²) in [5, 5.41) is 3.55. The van der Waals surface area contributed by atoms with Crippen molar-refractivity contribution in [2.24, 2.45) is 0 Å². The third-order valence-corrected chi connectivity index (χ3v) is 4.70. The van der Waals surface area contributed by atoms with Crippen LogP contribution in [-0.2, 0) is 0 Å². The van der Waals surface area contributed by atoms with Crippen LogP contribution >= 0.6 is 11.8 Å². The number of aromatic nitrogens is 1. The summed E-state index contributed by atoms with van der Waals surface area (Å²) in [5.41, 5.74) is 0.549. The van der Waals surface area contributed by atoms with Gasteiger partial charge in [0.25, 0.3) is 5.91 Å². The predicted molar refractivity (Wildman–Crippen MR) is 106 cm³/mol. The Morgan fingerprint density at radius 2 is 1.85 bits per heavy atom. The van der Waals surface area contributed by atoms with Crippen LogP contribution in [0.25, 0.3) is 0 Å². The number of ether oxygens (including phenoxy) is 2. The number of hydrogen-bond acceptors (Lipinski definition) is 5. The first-order valence-electron chi connectivity index (χ1n) is 8.49. The maximum absolute atomic E-state index is 12.5. The molecule has 3 rings (SSSR count). The molecule has 0 bridgehead atoms. The highest BCUT2D eigenvalue weighted by Crippen LogP contribution is 2.28. The van der Waals surface area contributed by atoms with E-state index >= 15 is 0 Å². The number of pyridine rings is 1. The summed E-state index contributed by atoms with van der Waals surface area (Å²) in [4.78, 5) is 17.9. The van der Waals surface area contributed by atoms with Crippen molar-refractivity contribution in [1.29, 1.82) is 0 Å². The monoisotopic (exact) mass is 380 g/mol. The van der Waals surface area contributed by atoms with Crippen LogP contribution in [0.15, 0.2) is 82.8 Å². The first-order chi connectivity index (χ1) is 13.3. The molecule has 0 aliphatic heterocycles. The molecule has 1 N–H and O–H groups in total. The normalized spacial score (nSPS) is 10.3. The van der Waals surface area contributed by atoms with Gasteiger partial charge in [0.05, 0.1) is 19.2 Å². The second-order valence-corrected chi connectivity index (χ2v) is 6.62. The van der Waals surface area contributed by atoms with Gasteiger partial charge < -0.3 is 14.8 Å². The first-order valence-corrected chi connectivity index (χ1v) is 9.31. The molecule has 0 fully saturated rings. The molecule has 0 aliphatic rings. The fourth-order valence-corrected chi connectivity index (χ4v) is 3.27. The number of hydrogen-bond donors (Lipinski definition) is 1. The summed E-state index contributed by atoms with van der Waals surface area (Å²) in [6, 6.07) is 20.7. The van der Waals surface area contributed by atoms with Gasteiger partial charge in [0.2, 0.25) is 0 Å². The van der Waals surface area contributed by atoms with Gasteiger partial charge in [0, 0.05) is 17.2 Å². The Labute approximate surface area is 162 Å². The second-order valence-electron chi connectivity index (χ2n) is 5.55. The quantitative estimate of drug-likeness (QED) is 0.598. The highest BCUT2D eigenvalue weighted by atomic mass is 32.2. The Kier molecular flexibility index (Phi) is 6.71. The lowest BCUT2D eigenvalue weighted by atomic mass is 10.2. The van der Waals surface area contributed by atoms with E-state index in [0.29, 0.717) is 29.5 Å². The van der Waals surface area contributed by atoms with Gasteiger partial charge in [0.1, 0.15) is 23.1 Å². The molecule has 138 valence electrons. The number of nitrogens with zero attached hydrogens (tertiary/aromatic N) is 1. The minimum absolute atomic E-state index is 0.171. The van der Waals surface area contributed by atoms with E-state index < -0.39 is 0 Å². The van der Waals surface area contributed by atoms with Gasteiger partial charge in [-0.3, -0.25) is 4.79 Å². The molecule has 1 aromatic heterocycles. The summed E-state index contributed by atoms with van der Waals surface area (Å²) in [6.07, 6.45) is 1.69. The molecular weight excluding hydrogens is 360 g/mol. The van der Waals surface area contributed by atoms with Crippen molar-refractivity contribution in [1.82, 2.24) is 10.3 Å². The van der Waals surface area contributed by atoms with E-state index in [1.807, 2.05) is 48.5 Å². The highest BCUT2D eigenvalue weighted by Gasteiger charge is 2.13. The number of amides is 1. The molecule has 0 radical (unpaired) electrons. The smallest absolute Gasteiger partial charge is 0.254 e. The molecule has 0 unspecified atom stereocenters. The Balaban J connectivity index is 1.55. The maximum atomic E-state index is 12.5. The van der Waals surface area contributed by atoms with Crippen molar-refractivity contribution < 1.29 is 14.3 Å². The van der Waals surface area contributed by atoms with Crippen molar-refractivity contribution in [2.45, 2.75) is 9.92 Å². The van der Waals surface area contributed by atoms with Crippen molar-refractivity contribution >= 4 is 17.7 Å². The largest absolute Gasteiger partial charge is 0.497 e. The average Bonchev–Trinajstić information content (AvgIpc) is 2.72. The Morgan fingerprint density at radius 1 is 1.04 bits per heavy atom. The van der Waals surface area contributed by atoms with Crippen LogP contribution < -0.4 is 14.8 Å². The molecule has 0 atom stereocenters. The third-order valence-electron chi connectivity index (χ3n) is 3.67. The fraction of sp³-hybridized carbons (Fsp3) is 0.143. The first kappa shape index (κ1) is 18.8. The minimum Gasteiger partial charge on any atom is -0.497 e. The number of nitrogens with one attached hydrogen (secondary N) is 1. The van der Waals surface area contributed by atoms with E-state index in [1.54, 1.807) is 31.5 Å². The molecular formula is C21H20N2O3S. The highest BCUT2D eigenvalue weighted by molar-refractivity contribution is 7.99. The SMILES string of the molecule is COc1cccc(OCCNC(=O)c2cccnc2Sc2ccccc2)c1. The number of carbonyl (C=O) groups excluding carboxylic acids is 1. The number of methoxy groups -OCH3 is 1. The van der Waals surface area contributed by atoms with E-state index in [2.05, 4.69) is 10.3 Å². The summed E-state index contributed by atoms with van der Waals surface area (Å²) in [6.45, 7) is 0.751. The van der Waals surface area contributed by atoms with Crippen LogP contribution in [0.4, 0.5) is 0 Å². The molecule has 1 heterocycles. The van der Waals surface area contributed by atoms with E-state index in [9.17, 15) is 4.79 Å². The van der Waals surface area contributed by atoms with Crippen molar-refractivity contribution in [3.63, 3.8) is 0 Å². The van der Waals surface area contributed by atoms with Crippen LogP contribution in [0.2, 0.25) is 0 Å². The van der Waals surface area contributed by atoms with Crippen molar-refractivity contribution in [3.05, 3.63) is 78.5 Å². The molecule has 0 saturated carbocycles. The lowest BCUT2D eigenvalue weighted by Crippen LogP contribution is -2.28. The molecule has 0 saturated heterocycles. The molecule has 5 nitrogen and oxygen atoms in total. The molecule has 1 amide bonds. The number of benzene rings is 2. The van der Waals surface area contributed by atoms with E-state index in [1.165, 1.54) is 11.8 Å². The second kappa shape index (κ2) is 9.64. The van der Waals surface area contributed by atoms with Gasteiger partial charge in [-0.25, -0.2) is 4.98 Å². The Hall–Kier alpha value is -2.99. The van der Waals surface area contributed by atoms with Gasteiger partial charge >= 0.3 is 0 Å².